The zero-order valence-corrected chi connectivity index (χ0v) is 14.1. The van der Waals surface area contributed by atoms with Crippen molar-refractivity contribution in [2.45, 2.75) is 0 Å². The predicted molar refractivity (Wildman–Crippen MR) is 95.8 cm³/mol. The molecule has 1 N–H and O–H groups in total. The van der Waals surface area contributed by atoms with Gasteiger partial charge >= 0.3 is 6.03 Å². The Morgan fingerprint density at radius 2 is 1.79 bits per heavy atom. The fourth-order valence-electron chi connectivity index (χ4n) is 2.78. The molecule has 0 saturated carbocycles. The molecule has 0 spiro atoms. The van der Waals surface area contributed by atoms with Crippen molar-refractivity contribution in [3.63, 3.8) is 0 Å². The van der Waals surface area contributed by atoms with Crippen LogP contribution in [0.15, 0.2) is 59.1 Å². The van der Waals surface area contributed by atoms with E-state index in [0.29, 0.717) is 11.4 Å². The van der Waals surface area contributed by atoms with Gasteiger partial charge in [0.15, 0.2) is 0 Å². The first-order chi connectivity index (χ1) is 11.6. The number of nitrogens with one attached hydrogen (secondary N) is 1. The van der Waals surface area contributed by atoms with Gasteiger partial charge in [-0.1, -0.05) is 46.3 Å². The molecule has 1 aliphatic rings. The van der Waals surface area contributed by atoms with Crippen molar-refractivity contribution < 1.29 is 9.59 Å². The largest absolute Gasteiger partial charge is 0.329 e. The predicted octanol–water partition coefficient (Wildman–Crippen LogP) is 3.72. The lowest BCUT2D eigenvalue weighted by Gasteiger charge is -2.16. The second kappa shape index (κ2) is 5.72. The van der Waals surface area contributed by atoms with Gasteiger partial charge in [-0.15, -0.1) is 0 Å². The summed E-state index contributed by atoms with van der Waals surface area (Å²) in [5.41, 5.74) is 2.92. The summed E-state index contributed by atoms with van der Waals surface area (Å²) in [6, 6.07) is 16.6. The maximum atomic E-state index is 12.1. The van der Waals surface area contributed by atoms with E-state index in [-0.39, 0.29) is 12.5 Å². The summed E-state index contributed by atoms with van der Waals surface area (Å²) in [5.74, 6) is -0.266. The summed E-state index contributed by atoms with van der Waals surface area (Å²) in [4.78, 5) is 30.1. The van der Waals surface area contributed by atoms with Gasteiger partial charge in [0.25, 0.3) is 5.91 Å². The average molecular weight is 382 g/mol. The molecule has 6 heteroatoms. The number of anilines is 1. The minimum atomic E-state index is -0.405. The van der Waals surface area contributed by atoms with Crippen LogP contribution in [0.3, 0.4) is 0 Å². The van der Waals surface area contributed by atoms with Crippen molar-refractivity contribution in [2.24, 2.45) is 0 Å². The van der Waals surface area contributed by atoms with Crippen LogP contribution >= 0.6 is 15.9 Å². The number of fused-ring (bicyclic) bond motifs is 1. The third-order valence-electron chi connectivity index (χ3n) is 3.92. The Balaban J connectivity index is 1.96. The third kappa shape index (κ3) is 2.45. The number of urea groups is 1. The lowest BCUT2D eigenvalue weighted by Crippen LogP contribution is -2.30. The van der Waals surface area contributed by atoms with E-state index in [0.717, 1.165) is 20.9 Å². The summed E-state index contributed by atoms with van der Waals surface area (Å²) < 4.78 is 0.973. The summed E-state index contributed by atoms with van der Waals surface area (Å²) in [6.45, 7) is 0.0170. The van der Waals surface area contributed by atoms with Crippen molar-refractivity contribution >= 4 is 44.5 Å². The normalized spacial score (nSPS) is 14.3. The van der Waals surface area contributed by atoms with Crippen LogP contribution in [-0.4, -0.2) is 23.5 Å². The quantitative estimate of drug-likeness (QED) is 0.688. The number of amides is 3. The van der Waals surface area contributed by atoms with E-state index < -0.39 is 6.03 Å². The number of imide groups is 1. The molecule has 1 aromatic heterocycles. The molecule has 0 bridgehead atoms. The number of carbonyl (C=O) groups excluding carboxylic acids is 2. The number of aromatic nitrogens is 1. The first-order valence-corrected chi connectivity index (χ1v) is 8.19. The Kier molecular flexibility index (Phi) is 3.54. The van der Waals surface area contributed by atoms with Crippen LogP contribution in [-0.2, 0) is 4.79 Å². The van der Waals surface area contributed by atoms with E-state index in [4.69, 9.17) is 0 Å². The summed E-state index contributed by atoms with van der Waals surface area (Å²) in [5, 5.41) is 3.33. The van der Waals surface area contributed by atoms with Crippen LogP contribution in [0.1, 0.15) is 0 Å². The lowest BCUT2D eigenvalue weighted by molar-refractivity contribution is -0.115. The lowest BCUT2D eigenvalue weighted by atomic mass is 10.1. The molecule has 118 valence electrons. The molecule has 24 heavy (non-hydrogen) atoms. The molecule has 0 unspecified atom stereocenters. The Morgan fingerprint density at radius 1 is 1.04 bits per heavy atom. The number of carbonyl (C=O) groups is 2. The van der Waals surface area contributed by atoms with Gasteiger partial charge in [0.05, 0.1) is 23.4 Å². The van der Waals surface area contributed by atoms with Crippen molar-refractivity contribution in [3.05, 3.63) is 59.1 Å². The van der Waals surface area contributed by atoms with E-state index in [9.17, 15) is 9.59 Å². The highest BCUT2D eigenvalue weighted by molar-refractivity contribution is 9.10. The highest BCUT2D eigenvalue weighted by Crippen LogP contribution is 2.32. The summed E-state index contributed by atoms with van der Waals surface area (Å²) >= 11 is 3.42. The highest BCUT2D eigenvalue weighted by atomic mass is 79.9. The van der Waals surface area contributed by atoms with E-state index in [1.54, 1.807) is 6.07 Å². The van der Waals surface area contributed by atoms with Gasteiger partial charge in [-0.3, -0.25) is 4.79 Å². The molecule has 2 aromatic carbocycles. The van der Waals surface area contributed by atoms with Crippen molar-refractivity contribution in [3.8, 4) is 11.3 Å². The highest BCUT2D eigenvalue weighted by Gasteiger charge is 2.31. The van der Waals surface area contributed by atoms with E-state index >= 15 is 0 Å². The Labute approximate surface area is 146 Å². The van der Waals surface area contributed by atoms with Crippen LogP contribution in [0, 0.1) is 0 Å². The van der Waals surface area contributed by atoms with Crippen molar-refractivity contribution in [2.75, 3.05) is 11.4 Å². The number of halogens is 1. The van der Waals surface area contributed by atoms with Gasteiger partial charge < -0.3 is 5.32 Å². The minimum Gasteiger partial charge on any atom is -0.328 e. The Hall–Kier alpha value is -2.73. The van der Waals surface area contributed by atoms with E-state index in [1.807, 2.05) is 48.5 Å². The van der Waals surface area contributed by atoms with Crippen molar-refractivity contribution in [1.29, 1.82) is 0 Å². The Bertz CT molecular complexity index is 954. The fourth-order valence-corrected chi connectivity index (χ4v) is 3.04. The fraction of sp³-hybridized carbons (Fsp3) is 0.0556. The second-order valence-electron chi connectivity index (χ2n) is 5.44. The number of hydrogen-bond donors (Lipinski definition) is 1. The number of para-hydroxylation sites is 1. The van der Waals surface area contributed by atoms with Gasteiger partial charge in [0.1, 0.15) is 0 Å². The number of hydrogen-bond acceptors (Lipinski definition) is 3. The van der Waals surface area contributed by atoms with Crippen LogP contribution in [0.4, 0.5) is 10.5 Å². The van der Waals surface area contributed by atoms with Crippen LogP contribution in [0.25, 0.3) is 22.2 Å². The van der Waals surface area contributed by atoms with Crippen LogP contribution in [0.2, 0.25) is 0 Å². The molecule has 3 amide bonds. The first kappa shape index (κ1) is 14.8. The topological polar surface area (TPSA) is 62.3 Å². The van der Waals surface area contributed by atoms with Crippen molar-refractivity contribution in [1.82, 2.24) is 10.3 Å². The maximum absolute atomic E-state index is 12.1. The molecular weight excluding hydrogens is 370 g/mol. The summed E-state index contributed by atoms with van der Waals surface area (Å²) in [6.07, 6.45) is 0. The molecule has 5 nitrogen and oxygen atoms in total. The molecule has 1 saturated heterocycles. The molecule has 0 atom stereocenters. The molecule has 0 radical (unpaired) electrons. The molecule has 0 aliphatic carbocycles. The van der Waals surface area contributed by atoms with Crippen LogP contribution < -0.4 is 10.2 Å². The minimum absolute atomic E-state index is 0.0170. The number of pyridine rings is 1. The van der Waals surface area contributed by atoms with Crippen LogP contribution in [0.5, 0.6) is 0 Å². The zero-order chi connectivity index (χ0) is 16.7. The molecule has 2 heterocycles. The van der Waals surface area contributed by atoms with Gasteiger partial charge in [0.2, 0.25) is 0 Å². The van der Waals surface area contributed by atoms with Gasteiger partial charge in [-0.25, -0.2) is 14.7 Å². The van der Waals surface area contributed by atoms with Gasteiger partial charge in [-0.05, 0) is 24.3 Å². The number of benzene rings is 2. The maximum Gasteiger partial charge on any atom is 0.329 e. The monoisotopic (exact) mass is 381 g/mol. The second-order valence-corrected chi connectivity index (χ2v) is 6.35. The molecule has 1 aliphatic heterocycles. The standard InChI is InChI=1S/C18H12BrN3O2/c19-12-7-5-11(6-8-12)15-9-16(22-17(23)10-20-18(22)24)13-3-1-2-4-14(13)21-15/h1-9H,10H2,(H,20,24). The Morgan fingerprint density at radius 3 is 2.50 bits per heavy atom. The number of nitrogens with zero attached hydrogens (tertiary/aromatic N) is 2. The smallest absolute Gasteiger partial charge is 0.328 e. The average Bonchev–Trinajstić information content (AvgIpc) is 2.93. The SMILES string of the molecule is O=C1CNC(=O)N1c1cc(-c2ccc(Br)cc2)nc2ccccc12. The first-order valence-electron chi connectivity index (χ1n) is 7.40. The van der Waals surface area contributed by atoms with E-state index in [1.165, 1.54) is 4.90 Å². The van der Waals surface area contributed by atoms with Gasteiger partial charge in [0, 0.05) is 15.4 Å². The third-order valence-corrected chi connectivity index (χ3v) is 4.45. The molecule has 4 rings (SSSR count). The molecule has 3 aromatic rings. The van der Waals surface area contributed by atoms with Gasteiger partial charge in [-0.2, -0.15) is 0 Å². The number of rotatable bonds is 2. The zero-order valence-electron chi connectivity index (χ0n) is 12.5. The van der Waals surface area contributed by atoms with E-state index in [2.05, 4.69) is 26.2 Å². The molecular formula is C18H12BrN3O2. The molecule has 1 fully saturated rings. The summed E-state index contributed by atoms with van der Waals surface area (Å²) in [7, 11) is 0.